The molecular formula is C27H28N4O4S. The zero-order chi connectivity index (χ0) is 26.1. The number of hydrazine groups is 1. The van der Waals surface area contributed by atoms with Crippen LogP contribution in [0.1, 0.15) is 56.9 Å². The summed E-state index contributed by atoms with van der Waals surface area (Å²) in [6.07, 6.45) is 0.960. The maximum atomic E-state index is 12.4. The molecule has 186 valence electrons. The van der Waals surface area contributed by atoms with Crippen LogP contribution < -0.4 is 26.2 Å². The molecule has 9 heteroatoms. The third-order valence-corrected chi connectivity index (χ3v) is 5.43. The van der Waals surface area contributed by atoms with Gasteiger partial charge in [0.05, 0.1) is 6.10 Å². The molecule has 0 aliphatic carbocycles. The van der Waals surface area contributed by atoms with Crippen molar-refractivity contribution >= 4 is 40.7 Å². The van der Waals surface area contributed by atoms with Crippen molar-refractivity contribution in [1.29, 1.82) is 0 Å². The molecule has 1 atom stereocenters. The zero-order valence-electron chi connectivity index (χ0n) is 20.3. The molecule has 3 rings (SSSR count). The third kappa shape index (κ3) is 7.64. The lowest BCUT2D eigenvalue weighted by Crippen LogP contribution is -2.48. The van der Waals surface area contributed by atoms with Gasteiger partial charge >= 0.3 is 0 Å². The largest absolute Gasteiger partial charge is 0.491 e. The van der Waals surface area contributed by atoms with Crippen LogP contribution in [0.4, 0.5) is 5.69 Å². The van der Waals surface area contributed by atoms with Gasteiger partial charge < -0.3 is 10.1 Å². The predicted octanol–water partition coefficient (Wildman–Crippen LogP) is 4.37. The van der Waals surface area contributed by atoms with E-state index in [2.05, 4.69) is 21.5 Å². The van der Waals surface area contributed by atoms with Crippen molar-refractivity contribution in [3.8, 4) is 5.75 Å². The Labute approximate surface area is 215 Å². The minimum absolute atomic E-state index is 0.0599. The lowest BCUT2D eigenvalue weighted by atomic mass is 10.1. The molecule has 1 unspecified atom stereocenters. The molecule has 0 saturated heterocycles. The number of carbonyl (C=O) groups is 3. The van der Waals surface area contributed by atoms with Gasteiger partial charge in [0.2, 0.25) is 0 Å². The topological polar surface area (TPSA) is 109 Å². The Morgan fingerprint density at radius 3 is 2.11 bits per heavy atom. The van der Waals surface area contributed by atoms with Crippen molar-refractivity contribution in [3.05, 3.63) is 95.1 Å². The van der Waals surface area contributed by atoms with Crippen LogP contribution >= 0.6 is 12.2 Å². The Bertz CT molecular complexity index is 1240. The monoisotopic (exact) mass is 504 g/mol. The van der Waals surface area contributed by atoms with Gasteiger partial charge in [-0.2, -0.15) is 0 Å². The number of ether oxygens (including phenoxy) is 1. The van der Waals surface area contributed by atoms with Gasteiger partial charge in [-0.25, -0.2) is 0 Å². The second-order valence-corrected chi connectivity index (χ2v) is 8.53. The van der Waals surface area contributed by atoms with Crippen LogP contribution in [-0.4, -0.2) is 28.9 Å². The lowest BCUT2D eigenvalue weighted by molar-refractivity contribution is 0.0934. The van der Waals surface area contributed by atoms with Crippen molar-refractivity contribution in [2.45, 2.75) is 33.3 Å². The molecule has 4 N–H and O–H groups in total. The quantitative estimate of drug-likeness (QED) is 0.281. The first-order valence-corrected chi connectivity index (χ1v) is 11.8. The van der Waals surface area contributed by atoms with Crippen molar-refractivity contribution in [2.75, 3.05) is 5.32 Å². The van der Waals surface area contributed by atoms with Crippen LogP contribution in [0.3, 0.4) is 0 Å². The molecule has 3 amide bonds. The SMILES string of the molecule is CCC(C)Oc1ccc(C(=O)NC(=S)NNC(=O)c2ccc(NC(=O)c3cccc(C)c3)cc2)cc1. The summed E-state index contributed by atoms with van der Waals surface area (Å²) < 4.78 is 5.70. The first-order valence-electron chi connectivity index (χ1n) is 11.4. The van der Waals surface area contributed by atoms with Gasteiger partial charge in [-0.1, -0.05) is 24.6 Å². The fourth-order valence-electron chi connectivity index (χ4n) is 3.09. The fourth-order valence-corrected chi connectivity index (χ4v) is 3.23. The molecule has 0 aliphatic heterocycles. The number of rotatable bonds is 7. The Morgan fingerprint density at radius 2 is 1.47 bits per heavy atom. The Balaban J connectivity index is 1.47. The van der Waals surface area contributed by atoms with E-state index in [1.807, 2.05) is 32.9 Å². The number of amides is 3. The number of benzene rings is 3. The van der Waals surface area contributed by atoms with E-state index in [0.717, 1.165) is 12.0 Å². The zero-order valence-corrected chi connectivity index (χ0v) is 21.1. The highest BCUT2D eigenvalue weighted by molar-refractivity contribution is 7.80. The van der Waals surface area contributed by atoms with Crippen molar-refractivity contribution in [2.24, 2.45) is 0 Å². The Morgan fingerprint density at radius 1 is 0.833 bits per heavy atom. The van der Waals surface area contributed by atoms with Crippen LogP contribution in [0.2, 0.25) is 0 Å². The average Bonchev–Trinajstić information content (AvgIpc) is 2.88. The van der Waals surface area contributed by atoms with E-state index in [1.165, 1.54) is 0 Å². The maximum absolute atomic E-state index is 12.4. The summed E-state index contributed by atoms with van der Waals surface area (Å²) in [7, 11) is 0. The fraction of sp³-hybridized carbons (Fsp3) is 0.185. The van der Waals surface area contributed by atoms with Gasteiger partial charge in [-0.3, -0.25) is 30.6 Å². The minimum atomic E-state index is -0.463. The van der Waals surface area contributed by atoms with E-state index >= 15 is 0 Å². The molecule has 3 aromatic rings. The molecule has 0 saturated carbocycles. The van der Waals surface area contributed by atoms with Gasteiger partial charge in [0.1, 0.15) is 5.75 Å². The van der Waals surface area contributed by atoms with Crippen molar-refractivity contribution in [1.82, 2.24) is 16.2 Å². The van der Waals surface area contributed by atoms with Crippen LogP contribution in [0, 0.1) is 6.92 Å². The van der Waals surface area contributed by atoms with Gasteiger partial charge in [-0.05, 0) is 93.1 Å². The smallest absolute Gasteiger partial charge is 0.269 e. The second-order valence-electron chi connectivity index (χ2n) is 8.12. The maximum Gasteiger partial charge on any atom is 0.269 e. The second kappa shape index (κ2) is 12.5. The first-order chi connectivity index (χ1) is 17.2. The number of nitrogens with one attached hydrogen (secondary N) is 4. The number of aryl methyl sites for hydroxylation is 1. The number of carbonyl (C=O) groups excluding carboxylic acids is 3. The van der Waals surface area contributed by atoms with E-state index in [-0.39, 0.29) is 17.1 Å². The molecule has 0 radical (unpaired) electrons. The molecule has 0 spiro atoms. The van der Waals surface area contributed by atoms with E-state index < -0.39 is 11.8 Å². The Kier molecular flexibility index (Phi) is 9.13. The van der Waals surface area contributed by atoms with E-state index in [4.69, 9.17) is 17.0 Å². The van der Waals surface area contributed by atoms with Gasteiger partial charge in [-0.15, -0.1) is 0 Å². The Hall–Kier alpha value is -4.24. The van der Waals surface area contributed by atoms with Gasteiger partial charge in [0.15, 0.2) is 5.11 Å². The molecule has 0 heterocycles. The van der Waals surface area contributed by atoms with Crippen LogP contribution in [0.25, 0.3) is 0 Å². The summed E-state index contributed by atoms with van der Waals surface area (Å²) in [6, 6.07) is 20.3. The highest BCUT2D eigenvalue weighted by atomic mass is 32.1. The minimum Gasteiger partial charge on any atom is -0.491 e. The van der Waals surface area contributed by atoms with E-state index in [0.29, 0.717) is 28.1 Å². The summed E-state index contributed by atoms with van der Waals surface area (Å²) in [5.74, 6) is -0.453. The third-order valence-electron chi connectivity index (χ3n) is 5.23. The predicted molar refractivity (Wildman–Crippen MR) is 143 cm³/mol. The van der Waals surface area contributed by atoms with E-state index in [9.17, 15) is 14.4 Å². The molecule has 36 heavy (non-hydrogen) atoms. The molecule has 8 nitrogen and oxygen atoms in total. The van der Waals surface area contributed by atoms with Crippen LogP contribution in [0.5, 0.6) is 5.75 Å². The van der Waals surface area contributed by atoms with Crippen molar-refractivity contribution in [3.63, 3.8) is 0 Å². The number of thiocarbonyl (C=S) groups is 1. The summed E-state index contributed by atoms with van der Waals surface area (Å²) in [5.41, 5.74) is 7.75. The lowest BCUT2D eigenvalue weighted by Gasteiger charge is -2.13. The summed E-state index contributed by atoms with van der Waals surface area (Å²) in [5, 5.41) is 5.24. The molecular weight excluding hydrogens is 476 g/mol. The molecule has 0 fully saturated rings. The molecule has 0 aliphatic rings. The number of hydrogen-bond donors (Lipinski definition) is 4. The highest BCUT2D eigenvalue weighted by Crippen LogP contribution is 2.15. The van der Waals surface area contributed by atoms with E-state index in [1.54, 1.807) is 60.7 Å². The normalized spacial score (nSPS) is 11.1. The molecule has 0 aromatic heterocycles. The first kappa shape index (κ1) is 26.4. The molecule has 0 bridgehead atoms. The summed E-state index contributed by atoms with van der Waals surface area (Å²) >= 11 is 5.09. The highest BCUT2D eigenvalue weighted by Gasteiger charge is 2.11. The van der Waals surface area contributed by atoms with Gasteiger partial charge in [0.25, 0.3) is 17.7 Å². The standard InChI is InChI=1S/C27H28N4O4S/c1-4-18(3)35-23-14-10-19(11-15-23)24(32)29-27(36)31-30-26(34)20-8-12-22(13-9-20)28-25(33)21-7-5-6-17(2)16-21/h5-16,18H,4H2,1-3H3,(H,28,33)(H,30,34)(H2,29,31,32,36). The van der Waals surface area contributed by atoms with Crippen LogP contribution in [0.15, 0.2) is 72.8 Å². The summed E-state index contributed by atoms with van der Waals surface area (Å²) in [4.78, 5) is 37.1. The van der Waals surface area contributed by atoms with Crippen LogP contribution in [-0.2, 0) is 0 Å². The average molecular weight is 505 g/mol. The number of anilines is 1. The van der Waals surface area contributed by atoms with Gasteiger partial charge in [0, 0.05) is 22.4 Å². The number of hydrogen-bond acceptors (Lipinski definition) is 5. The van der Waals surface area contributed by atoms with Crippen molar-refractivity contribution < 1.29 is 19.1 Å². The molecule has 3 aromatic carbocycles. The summed E-state index contributed by atoms with van der Waals surface area (Å²) in [6.45, 7) is 5.91.